The van der Waals surface area contributed by atoms with Crippen molar-refractivity contribution >= 4 is 17.8 Å². The Morgan fingerprint density at radius 2 is 1.47 bits per heavy atom. The Hall–Kier alpha value is -0.390. The number of imide groups is 2. The fourth-order valence-corrected chi connectivity index (χ4v) is 3.98. The number of urea groups is 1. The molecular weight excluding hydrogens is 255 g/mol. The molecule has 0 radical (unpaired) electrons. The van der Waals surface area contributed by atoms with Crippen LogP contribution in [0.4, 0.5) is 4.79 Å². The molecule has 4 amide bonds. The molecule has 5 nitrogen and oxygen atoms in total. The summed E-state index contributed by atoms with van der Waals surface area (Å²) in [7, 11) is 0. The van der Waals surface area contributed by atoms with Crippen molar-refractivity contribution in [1.82, 2.24) is 10.6 Å². The Balaban J connectivity index is 0.00000180. The number of amides is 4. The van der Waals surface area contributed by atoms with Gasteiger partial charge >= 0.3 is 35.6 Å². The Kier molecular flexibility index (Phi) is 4.86. The maximum Gasteiger partial charge on any atom is 1.00 e. The van der Waals surface area contributed by atoms with E-state index in [4.69, 9.17) is 0 Å². The summed E-state index contributed by atoms with van der Waals surface area (Å²) in [5.41, 5.74) is -1.08. The summed E-state index contributed by atoms with van der Waals surface area (Å²) < 4.78 is 0. The van der Waals surface area contributed by atoms with Gasteiger partial charge in [0.1, 0.15) is 5.41 Å². The van der Waals surface area contributed by atoms with Gasteiger partial charge in [0.15, 0.2) is 0 Å². The van der Waals surface area contributed by atoms with Crippen LogP contribution in [-0.2, 0) is 9.59 Å². The van der Waals surface area contributed by atoms with E-state index in [1.54, 1.807) is 0 Å². The molecule has 2 rings (SSSR count). The molecule has 1 spiro atoms. The molecule has 2 aliphatic rings. The molecule has 1 aliphatic carbocycles. The van der Waals surface area contributed by atoms with Crippen LogP contribution in [0.5, 0.6) is 0 Å². The second kappa shape index (κ2) is 5.54. The average molecular weight is 275 g/mol. The van der Waals surface area contributed by atoms with Crippen LogP contribution in [0.15, 0.2) is 0 Å². The van der Waals surface area contributed by atoms with Gasteiger partial charge in [-0.3, -0.25) is 20.2 Å². The van der Waals surface area contributed by atoms with Gasteiger partial charge in [0.2, 0.25) is 11.8 Å². The Labute approximate surface area is 135 Å². The van der Waals surface area contributed by atoms with Crippen molar-refractivity contribution < 1.29 is 43.9 Å². The molecule has 4 unspecified atom stereocenters. The molecular formula is C13H20N2NaO3+. The zero-order valence-corrected chi connectivity index (χ0v) is 14.2. The number of rotatable bonds is 1. The van der Waals surface area contributed by atoms with Crippen LogP contribution in [0.2, 0.25) is 0 Å². The van der Waals surface area contributed by atoms with E-state index >= 15 is 0 Å². The summed E-state index contributed by atoms with van der Waals surface area (Å²) in [5, 5.41) is 4.54. The van der Waals surface area contributed by atoms with Crippen LogP contribution in [0.25, 0.3) is 0 Å². The topological polar surface area (TPSA) is 75.3 Å². The number of carbonyl (C=O) groups is 3. The summed E-state index contributed by atoms with van der Waals surface area (Å²) in [4.78, 5) is 35.9. The van der Waals surface area contributed by atoms with Gasteiger partial charge in [-0.2, -0.15) is 0 Å². The normalized spacial score (nSPS) is 36.7. The zero-order valence-electron chi connectivity index (χ0n) is 12.2. The third-order valence-electron chi connectivity index (χ3n) is 5.20. The Bertz CT molecular complexity index is 404. The van der Waals surface area contributed by atoms with Crippen molar-refractivity contribution in [3.8, 4) is 0 Å². The summed E-state index contributed by atoms with van der Waals surface area (Å²) in [6.07, 6.45) is 0.755. The first-order chi connectivity index (χ1) is 8.37. The predicted molar refractivity (Wildman–Crippen MR) is 65.4 cm³/mol. The molecule has 100 valence electrons. The first-order valence-corrected chi connectivity index (χ1v) is 6.54. The fraction of sp³-hybridized carbons (Fsp3) is 0.769. The summed E-state index contributed by atoms with van der Waals surface area (Å²) in [6, 6.07) is -0.704. The van der Waals surface area contributed by atoms with E-state index in [1.807, 2.05) is 13.8 Å². The van der Waals surface area contributed by atoms with E-state index in [0.29, 0.717) is 0 Å². The van der Waals surface area contributed by atoms with Gasteiger partial charge in [0.25, 0.3) is 0 Å². The van der Waals surface area contributed by atoms with E-state index in [9.17, 15) is 14.4 Å². The maximum atomic E-state index is 12.3. The van der Waals surface area contributed by atoms with Crippen LogP contribution < -0.4 is 40.2 Å². The van der Waals surface area contributed by atoms with E-state index < -0.39 is 23.3 Å². The van der Waals surface area contributed by atoms with E-state index in [-0.39, 0.29) is 53.2 Å². The molecule has 0 aromatic carbocycles. The van der Waals surface area contributed by atoms with Crippen LogP contribution >= 0.6 is 0 Å². The largest absolute Gasteiger partial charge is 1.00 e. The van der Waals surface area contributed by atoms with Crippen molar-refractivity contribution in [1.29, 1.82) is 0 Å². The molecule has 1 aliphatic heterocycles. The second-order valence-electron chi connectivity index (χ2n) is 5.63. The molecule has 2 fully saturated rings. The van der Waals surface area contributed by atoms with E-state index in [1.165, 1.54) is 0 Å². The third-order valence-corrected chi connectivity index (χ3v) is 5.20. The molecule has 19 heavy (non-hydrogen) atoms. The van der Waals surface area contributed by atoms with Crippen LogP contribution in [0.3, 0.4) is 0 Å². The second-order valence-corrected chi connectivity index (χ2v) is 5.63. The Morgan fingerprint density at radius 3 is 1.89 bits per heavy atom. The summed E-state index contributed by atoms with van der Waals surface area (Å²) in [6.45, 7) is 8.08. The van der Waals surface area contributed by atoms with Crippen molar-refractivity contribution in [3.05, 3.63) is 0 Å². The number of barbiturate groups is 1. The fourth-order valence-electron chi connectivity index (χ4n) is 3.98. The minimum atomic E-state index is -1.08. The van der Waals surface area contributed by atoms with Gasteiger partial charge in [-0.15, -0.1) is 0 Å². The van der Waals surface area contributed by atoms with Crippen molar-refractivity contribution in [2.45, 2.75) is 34.1 Å². The van der Waals surface area contributed by atoms with E-state index in [0.717, 1.165) is 6.42 Å². The predicted octanol–water partition coefficient (Wildman–Crippen LogP) is -1.71. The minimum Gasteiger partial charge on any atom is -0.277 e. The van der Waals surface area contributed by atoms with Crippen molar-refractivity contribution in [2.24, 2.45) is 29.1 Å². The van der Waals surface area contributed by atoms with Crippen LogP contribution in [0.1, 0.15) is 34.1 Å². The van der Waals surface area contributed by atoms with Crippen molar-refractivity contribution in [2.75, 3.05) is 0 Å². The van der Waals surface area contributed by atoms with Crippen molar-refractivity contribution in [3.63, 3.8) is 0 Å². The summed E-state index contributed by atoms with van der Waals surface area (Å²) in [5.74, 6) is -0.367. The van der Waals surface area contributed by atoms with Crippen LogP contribution in [0, 0.1) is 29.1 Å². The summed E-state index contributed by atoms with van der Waals surface area (Å²) >= 11 is 0. The van der Waals surface area contributed by atoms with Gasteiger partial charge < -0.3 is 0 Å². The van der Waals surface area contributed by atoms with Crippen LogP contribution in [-0.4, -0.2) is 17.8 Å². The number of nitrogens with one attached hydrogen (secondary N) is 2. The first kappa shape index (κ1) is 16.7. The zero-order chi connectivity index (χ0) is 13.7. The molecule has 1 saturated heterocycles. The standard InChI is InChI=1S/C13H20N2O3.Na/c1-5-9-7(3)6(2)8(4)13(9)10(16)14-12(18)15-11(13)17;/h6-9H,5H2,1-4H3,(H2,14,15,16,17,18);/q;+1. The number of hydrogen-bond acceptors (Lipinski definition) is 3. The van der Waals surface area contributed by atoms with Gasteiger partial charge in [-0.05, 0) is 23.7 Å². The maximum absolute atomic E-state index is 12.3. The molecule has 6 heteroatoms. The Morgan fingerprint density at radius 1 is 1.00 bits per heavy atom. The smallest absolute Gasteiger partial charge is 0.277 e. The number of carbonyl (C=O) groups excluding carboxylic acids is 3. The van der Waals surface area contributed by atoms with Gasteiger partial charge in [0, 0.05) is 0 Å². The van der Waals surface area contributed by atoms with Gasteiger partial charge in [-0.25, -0.2) is 4.79 Å². The minimum absolute atomic E-state index is 0. The monoisotopic (exact) mass is 275 g/mol. The number of hydrogen-bond donors (Lipinski definition) is 2. The molecule has 0 aromatic heterocycles. The molecule has 2 N–H and O–H groups in total. The van der Waals surface area contributed by atoms with Gasteiger partial charge in [0.05, 0.1) is 0 Å². The quantitative estimate of drug-likeness (QED) is 0.442. The molecule has 0 aromatic rings. The third kappa shape index (κ3) is 2.06. The first-order valence-electron chi connectivity index (χ1n) is 6.54. The molecule has 0 bridgehead atoms. The average Bonchev–Trinajstić information content (AvgIpc) is 2.48. The SMILES string of the molecule is CCC1C(C)C(C)C(C)C12C(=O)NC(=O)NC2=O.[Na+]. The van der Waals surface area contributed by atoms with E-state index in [2.05, 4.69) is 24.5 Å². The molecule has 4 atom stereocenters. The van der Waals surface area contributed by atoms with Gasteiger partial charge in [-0.1, -0.05) is 34.1 Å². The molecule has 1 saturated carbocycles. The molecule has 1 heterocycles.